The zero-order chi connectivity index (χ0) is 21.6. The maximum atomic E-state index is 12.4. The van der Waals surface area contributed by atoms with Crippen LogP contribution in [0.5, 0.6) is 0 Å². The SMILES string of the molecule is CO[C@@H](c1ccc(NC(=O)[C@H]2O[C@@H](O)[C@H](O)[C@@H](O)[C@@H]2O)cc1)[C@@H](C)/C=C/CCO. The van der Waals surface area contributed by atoms with E-state index in [9.17, 15) is 25.2 Å². The third-order valence-electron chi connectivity index (χ3n) is 4.82. The Balaban J connectivity index is 2.03. The average Bonchev–Trinajstić information content (AvgIpc) is 2.71. The molecule has 1 amide bonds. The van der Waals surface area contributed by atoms with Crippen LogP contribution < -0.4 is 5.32 Å². The average molecular weight is 411 g/mol. The molecule has 1 aliphatic heterocycles. The standard InChI is InChI=1S/C20H29NO8/c1-11(5-3-4-10-22)17(28-2)12-6-8-13(9-7-12)21-19(26)18-15(24)14(23)16(25)20(27)29-18/h3,5-9,11,14-18,20,22-25,27H,4,10H2,1-2H3,(H,21,26)/b5-3+/t11-,14-,15-,16+,17+,18-,20+/m0/s1. The molecule has 1 fully saturated rings. The maximum Gasteiger partial charge on any atom is 0.256 e. The van der Waals surface area contributed by atoms with Crippen molar-refractivity contribution in [2.75, 3.05) is 19.0 Å². The number of methoxy groups -OCH3 is 1. The van der Waals surface area contributed by atoms with Crippen LogP contribution in [0.4, 0.5) is 5.69 Å². The van der Waals surface area contributed by atoms with E-state index in [2.05, 4.69) is 5.32 Å². The van der Waals surface area contributed by atoms with Crippen molar-refractivity contribution < 1.29 is 39.8 Å². The van der Waals surface area contributed by atoms with Crippen molar-refractivity contribution in [1.82, 2.24) is 0 Å². The highest BCUT2D eigenvalue weighted by Gasteiger charge is 2.46. The van der Waals surface area contributed by atoms with Crippen molar-refractivity contribution in [3.8, 4) is 0 Å². The van der Waals surface area contributed by atoms with Gasteiger partial charge in [-0.15, -0.1) is 0 Å². The Morgan fingerprint density at radius 2 is 1.83 bits per heavy atom. The summed E-state index contributed by atoms with van der Waals surface area (Å²) in [7, 11) is 1.60. The molecule has 9 heteroatoms. The Labute approximate surface area is 169 Å². The summed E-state index contributed by atoms with van der Waals surface area (Å²) in [5.74, 6) is -0.703. The first-order chi connectivity index (χ1) is 13.8. The molecule has 6 N–H and O–H groups in total. The Bertz CT molecular complexity index is 680. The molecule has 2 rings (SSSR count). The molecule has 29 heavy (non-hydrogen) atoms. The molecular weight excluding hydrogens is 382 g/mol. The van der Waals surface area contributed by atoms with Crippen LogP contribution in [0.2, 0.25) is 0 Å². The molecule has 7 atom stereocenters. The number of aliphatic hydroxyl groups excluding tert-OH is 5. The van der Waals surface area contributed by atoms with Gasteiger partial charge in [-0.25, -0.2) is 0 Å². The van der Waals surface area contributed by atoms with Gasteiger partial charge in [0.15, 0.2) is 12.4 Å². The topological polar surface area (TPSA) is 149 Å². The molecule has 1 saturated heterocycles. The Morgan fingerprint density at radius 3 is 2.41 bits per heavy atom. The minimum absolute atomic E-state index is 0.0622. The lowest BCUT2D eigenvalue weighted by Crippen LogP contribution is -2.60. The Kier molecular flexibility index (Phi) is 8.72. The zero-order valence-electron chi connectivity index (χ0n) is 16.4. The van der Waals surface area contributed by atoms with Crippen molar-refractivity contribution in [3.05, 3.63) is 42.0 Å². The van der Waals surface area contributed by atoms with Crippen molar-refractivity contribution in [2.45, 2.75) is 50.2 Å². The first kappa shape index (κ1) is 23.4. The summed E-state index contributed by atoms with van der Waals surface area (Å²) in [6, 6.07) is 6.87. The van der Waals surface area contributed by atoms with E-state index in [0.29, 0.717) is 12.1 Å². The Hall–Kier alpha value is -1.85. The maximum absolute atomic E-state index is 12.4. The predicted molar refractivity (Wildman–Crippen MR) is 104 cm³/mol. The van der Waals surface area contributed by atoms with Crippen molar-refractivity contribution in [3.63, 3.8) is 0 Å². The molecule has 0 unspecified atom stereocenters. The van der Waals surface area contributed by atoms with Gasteiger partial charge in [-0.2, -0.15) is 0 Å². The number of carbonyl (C=O) groups is 1. The summed E-state index contributed by atoms with van der Waals surface area (Å²) in [5.41, 5.74) is 1.30. The summed E-state index contributed by atoms with van der Waals surface area (Å²) < 4.78 is 10.5. The van der Waals surface area contributed by atoms with E-state index in [0.717, 1.165) is 5.56 Å². The number of anilines is 1. The normalized spacial score (nSPS) is 29.6. The summed E-state index contributed by atoms with van der Waals surface area (Å²) in [6.07, 6.45) is -4.20. The van der Waals surface area contributed by atoms with Crippen molar-refractivity contribution >= 4 is 11.6 Å². The second-order valence-electron chi connectivity index (χ2n) is 6.99. The minimum atomic E-state index is -1.78. The molecule has 1 aromatic rings. The van der Waals surface area contributed by atoms with E-state index in [1.807, 2.05) is 19.1 Å². The molecule has 162 valence electrons. The summed E-state index contributed by atoms with van der Waals surface area (Å²) in [5, 5.41) is 50.1. The van der Waals surface area contributed by atoms with Gasteiger partial charge in [-0.1, -0.05) is 31.2 Å². The predicted octanol–water partition coefficient (Wildman–Crippen LogP) is -0.313. The van der Waals surface area contributed by atoms with Gasteiger partial charge >= 0.3 is 0 Å². The molecule has 0 bridgehead atoms. The first-order valence-electron chi connectivity index (χ1n) is 9.39. The van der Waals surface area contributed by atoms with Gasteiger partial charge in [0.1, 0.15) is 18.3 Å². The van der Waals surface area contributed by atoms with Crippen LogP contribution in [0.3, 0.4) is 0 Å². The van der Waals surface area contributed by atoms with Gasteiger partial charge in [0.25, 0.3) is 5.91 Å². The monoisotopic (exact) mass is 411 g/mol. The first-order valence-corrected chi connectivity index (χ1v) is 9.39. The van der Waals surface area contributed by atoms with Crippen molar-refractivity contribution in [1.29, 1.82) is 0 Å². The second-order valence-corrected chi connectivity index (χ2v) is 6.99. The quantitative estimate of drug-likeness (QED) is 0.319. The van der Waals surface area contributed by atoms with E-state index in [-0.39, 0.29) is 18.6 Å². The van der Waals surface area contributed by atoms with E-state index in [1.54, 1.807) is 31.4 Å². The molecule has 1 heterocycles. The van der Waals surface area contributed by atoms with Gasteiger partial charge in [-0.3, -0.25) is 4.79 Å². The fourth-order valence-corrected chi connectivity index (χ4v) is 3.19. The number of rotatable bonds is 8. The van der Waals surface area contributed by atoms with Crippen LogP contribution in [0, 0.1) is 5.92 Å². The summed E-state index contributed by atoms with van der Waals surface area (Å²) in [6.45, 7) is 2.08. The minimum Gasteiger partial charge on any atom is -0.396 e. The lowest BCUT2D eigenvalue weighted by atomic mass is 9.96. The van der Waals surface area contributed by atoms with Crippen LogP contribution >= 0.6 is 0 Å². The fraction of sp³-hybridized carbons (Fsp3) is 0.550. The highest BCUT2D eigenvalue weighted by atomic mass is 16.6. The van der Waals surface area contributed by atoms with Gasteiger partial charge in [0.05, 0.1) is 6.10 Å². The van der Waals surface area contributed by atoms with Gasteiger partial charge < -0.3 is 40.3 Å². The summed E-state index contributed by atoms with van der Waals surface area (Å²) >= 11 is 0. The van der Waals surface area contributed by atoms with Gasteiger partial charge in [0.2, 0.25) is 0 Å². The van der Waals surface area contributed by atoms with Crippen molar-refractivity contribution in [2.24, 2.45) is 5.92 Å². The van der Waals surface area contributed by atoms with E-state index in [4.69, 9.17) is 14.6 Å². The number of aliphatic hydroxyl groups is 5. The highest BCUT2D eigenvalue weighted by Crippen LogP contribution is 2.28. The number of nitrogens with one attached hydrogen (secondary N) is 1. The van der Waals surface area contributed by atoms with Crippen LogP contribution in [0.15, 0.2) is 36.4 Å². The number of amides is 1. The molecule has 0 radical (unpaired) electrons. The third-order valence-corrected chi connectivity index (χ3v) is 4.82. The number of benzene rings is 1. The van der Waals surface area contributed by atoms with E-state index in [1.165, 1.54) is 0 Å². The van der Waals surface area contributed by atoms with Crippen LogP contribution in [0.25, 0.3) is 0 Å². The third kappa shape index (κ3) is 5.83. The number of carbonyl (C=O) groups excluding carboxylic acids is 1. The lowest BCUT2D eigenvalue weighted by Gasteiger charge is -2.37. The molecule has 9 nitrogen and oxygen atoms in total. The Morgan fingerprint density at radius 1 is 1.17 bits per heavy atom. The number of hydrogen-bond acceptors (Lipinski definition) is 8. The molecule has 0 spiro atoms. The smallest absolute Gasteiger partial charge is 0.256 e. The van der Waals surface area contributed by atoms with E-state index < -0.39 is 36.6 Å². The van der Waals surface area contributed by atoms with Gasteiger partial charge in [0, 0.05) is 25.3 Å². The second kappa shape index (κ2) is 10.8. The largest absolute Gasteiger partial charge is 0.396 e. The van der Waals surface area contributed by atoms with Crippen LogP contribution in [-0.4, -0.2) is 75.9 Å². The van der Waals surface area contributed by atoms with Crippen LogP contribution in [0.1, 0.15) is 25.0 Å². The molecule has 0 aromatic heterocycles. The summed E-state index contributed by atoms with van der Waals surface area (Å²) in [4.78, 5) is 12.4. The molecule has 0 aliphatic carbocycles. The molecule has 1 aromatic carbocycles. The molecule has 1 aliphatic rings. The number of ether oxygens (including phenoxy) is 2. The number of hydrogen-bond donors (Lipinski definition) is 6. The highest BCUT2D eigenvalue weighted by molar-refractivity contribution is 5.94. The van der Waals surface area contributed by atoms with Crippen LogP contribution in [-0.2, 0) is 14.3 Å². The van der Waals surface area contributed by atoms with E-state index >= 15 is 0 Å². The zero-order valence-corrected chi connectivity index (χ0v) is 16.4. The molecule has 0 saturated carbocycles. The molecular formula is C20H29NO8. The van der Waals surface area contributed by atoms with Gasteiger partial charge in [-0.05, 0) is 24.1 Å². The lowest BCUT2D eigenvalue weighted by molar-refractivity contribution is -0.274. The fourth-order valence-electron chi connectivity index (χ4n) is 3.19.